The van der Waals surface area contributed by atoms with Crippen molar-refractivity contribution in [2.24, 2.45) is 0 Å². The van der Waals surface area contributed by atoms with Gasteiger partial charge < -0.3 is 14.4 Å². The van der Waals surface area contributed by atoms with Crippen molar-refractivity contribution in [3.8, 4) is 0 Å². The summed E-state index contributed by atoms with van der Waals surface area (Å²) in [4.78, 5) is 19.0. The van der Waals surface area contributed by atoms with Gasteiger partial charge in [-0.05, 0) is 31.4 Å². The first-order chi connectivity index (χ1) is 12.6. The van der Waals surface area contributed by atoms with E-state index in [0.29, 0.717) is 24.7 Å². The average Bonchev–Trinajstić information content (AvgIpc) is 3.28. The Morgan fingerprint density at radius 1 is 1.46 bits per heavy atom. The Kier molecular flexibility index (Phi) is 7.02. The van der Waals surface area contributed by atoms with Crippen LogP contribution in [0.15, 0.2) is 29.6 Å². The molecule has 5 nitrogen and oxygen atoms in total. The van der Waals surface area contributed by atoms with E-state index in [9.17, 15) is 4.79 Å². The summed E-state index contributed by atoms with van der Waals surface area (Å²) in [6, 6.07) is 7.49. The van der Waals surface area contributed by atoms with Crippen LogP contribution in [-0.4, -0.2) is 41.7 Å². The second-order valence-corrected chi connectivity index (χ2v) is 7.73. The first-order valence-electron chi connectivity index (χ1n) is 8.73. The molecule has 7 heteroatoms. The van der Waals surface area contributed by atoms with Crippen molar-refractivity contribution >= 4 is 28.8 Å². The number of aromatic nitrogens is 1. The average molecular weight is 395 g/mol. The van der Waals surface area contributed by atoms with Crippen molar-refractivity contribution in [2.45, 2.75) is 39.0 Å². The van der Waals surface area contributed by atoms with Crippen LogP contribution in [0.5, 0.6) is 0 Å². The number of thiazole rings is 1. The van der Waals surface area contributed by atoms with Crippen molar-refractivity contribution in [1.82, 2.24) is 9.88 Å². The van der Waals surface area contributed by atoms with Crippen molar-refractivity contribution in [3.05, 3.63) is 50.9 Å². The molecule has 2 heterocycles. The maximum Gasteiger partial charge on any atom is 0.249 e. The fourth-order valence-electron chi connectivity index (χ4n) is 2.88. The smallest absolute Gasteiger partial charge is 0.249 e. The summed E-state index contributed by atoms with van der Waals surface area (Å²) < 4.78 is 11.3. The lowest BCUT2D eigenvalue weighted by atomic mass is 10.2. The lowest BCUT2D eigenvalue weighted by Gasteiger charge is -2.24. The molecule has 1 aromatic carbocycles. The molecule has 1 aliphatic rings. The third kappa shape index (κ3) is 5.51. The molecular formula is C19H23ClN2O3S. The molecule has 0 saturated carbocycles. The first kappa shape index (κ1) is 19.3. The highest BCUT2D eigenvalue weighted by Gasteiger charge is 2.23. The van der Waals surface area contributed by atoms with Gasteiger partial charge in [0.1, 0.15) is 11.6 Å². The van der Waals surface area contributed by atoms with Crippen LogP contribution in [0, 0.1) is 6.92 Å². The Balaban J connectivity index is 1.57. The lowest BCUT2D eigenvalue weighted by Crippen LogP contribution is -2.39. The second kappa shape index (κ2) is 9.46. The van der Waals surface area contributed by atoms with Gasteiger partial charge in [-0.15, -0.1) is 11.3 Å². The minimum Gasteiger partial charge on any atom is -0.376 e. The van der Waals surface area contributed by atoms with Crippen molar-refractivity contribution in [3.63, 3.8) is 0 Å². The Bertz CT molecular complexity index is 731. The van der Waals surface area contributed by atoms with Crippen LogP contribution in [0.2, 0.25) is 5.02 Å². The molecule has 0 unspecified atom stereocenters. The summed E-state index contributed by atoms with van der Waals surface area (Å²) in [6.45, 7) is 4.13. The zero-order chi connectivity index (χ0) is 18.4. The van der Waals surface area contributed by atoms with Crippen LogP contribution in [0.3, 0.4) is 0 Å². The van der Waals surface area contributed by atoms with Gasteiger partial charge in [0.25, 0.3) is 0 Å². The Morgan fingerprint density at radius 3 is 3.00 bits per heavy atom. The van der Waals surface area contributed by atoms with E-state index in [1.807, 2.05) is 36.6 Å². The van der Waals surface area contributed by atoms with Crippen LogP contribution in [0.4, 0.5) is 0 Å². The molecule has 0 radical (unpaired) electrons. The largest absolute Gasteiger partial charge is 0.376 e. The topological polar surface area (TPSA) is 51.7 Å². The summed E-state index contributed by atoms with van der Waals surface area (Å²) in [5.74, 6) is -0.0552. The number of amides is 1. The Labute approximate surface area is 162 Å². The minimum absolute atomic E-state index is 0.0162. The molecule has 1 aliphatic heterocycles. The number of hydrogen-bond donors (Lipinski definition) is 0. The van der Waals surface area contributed by atoms with Crippen LogP contribution in [-0.2, 0) is 27.4 Å². The van der Waals surface area contributed by atoms with Crippen LogP contribution in [0.25, 0.3) is 0 Å². The number of hydrogen-bond acceptors (Lipinski definition) is 5. The van der Waals surface area contributed by atoms with Crippen molar-refractivity contribution < 1.29 is 14.3 Å². The number of halogens is 1. The standard InChI is InChI=1S/C19H23ClN2O3S/c1-14-13-26-18(21-14)10-22(9-16-6-4-8-25-16)19(23)12-24-11-15-5-2-3-7-17(15)20/h2-3,5,7,13,16H,4,6,8-12H2,1H3/t16-/m1/s1. The highest BCUT2D eigenvalue weighted by molar-refractivity contribution is 7.09. The molecule has 2 aromatic rings. The first-order valence-corrected chi connectivity index (χ1v) is 9.99. The maximum atomic E-state index is 12.7. The third-order valence-electron chi connectivity index (χ3n) is 4.23. The molecule has 1 aromatic heterocycles. The highest BCUT2D eigenvalue weighted by Crippen LogP contribution is 2.18. The molecule has 0 aliphatic carbocycles. The SMILES string of the molecule is Cc1csc(CN(C[C@H]2CCCO2)C(=O)COCc2ccccc2Cl)n1. The normalized spacial score (nSPS) is 16.8. The Hall–Kier alpha value is -1.47. The zero-order valence-electron chi connectivity index (χ0n) is 14.8. The Morgan fingerprint density at radius 2 is 2.31 bits per heavy atom. The molecular weight excluding hydrogens is 372 g/mol. The molecule has 1 amide bonds. The van der Waals surface area contributed by atoms with Crippen LogP contribution < -0.4 is 0 Å². The van der Waals surface area contributed by atoms with Gasteiger partial charge in [0.2, 0.25) is 5.91 Å². The van der Waals surface area contributed by atoms with Gasteiger partial charge >= 0.3 is 0 Å². The van der Waals surface area contributed by atoms with Gasteiger partial charge in [-0.2, -0.15) is 0 Å². The minimum atomic E-state index is -0.0552. The number of benzene rings is 1. The van der Waals surface area contributed by atoms with Crippen LogP contribution >= 0.6 is 22.9 Å². The van der Waals surface area contributed by atoms with Crippen molar-refractivity contribution in [1.29, 1.82) is 0 Å². The number of nitrogens with zero attached hydrogens (tertiary/aromatic N) is 2. The van der Waals surface area contributed by atoms with Gasteiger partial charge in [-0.3, -0.25) is 4.79 Å². The molecule has 0 N–H and O–H groups in total. The second-order valence-electron chi connectivity index (χ2n) is 6.38. The van der Waals surface area contributed by atoms with Gasteiger partial charge in [-0.1, -0.05) is 29.8 Å². The third-order valence-corrected chi connectivity index (χ3v) is 5.55. The molecule has 140 valence electrons. The molecule has 3 rings (SSSR count). The van der Waals surface area contributed by atoms with Gasteiger partial charge in [-0.25, -0.2) is 4.98 Å². The quantitative estimate of drug-likeness (QED) is 0.682. The molecule has 1 atom stereocenters. The predicted molar refractivity (Wildman–Crippen MR) is 102 cm³/mol. The molecule has 0 bridgehead atoms. The highest BCUT2D eigenvalue weighted by atomic mass is 35.5. The number of carbonyl (C=O) groups excluding carboxylic acids is 1. The number of carbonyl (C=O) groups is 1. The molecule has 1 saturated heterocycles. The van der Waals surface area contributed by atoms with Gasteiger partial charge in [0.05, 0.1) is 19.3 Å². The van der Waals surface area contributed by atoms with E-state index < -0.39 is 0 Å². The summed E-state index contributed by atoms with van der Waals surface area (Å²) in [5, 5.41) is 3.58. The van der Waals surface area contributed by atoms with E-state index in [4.69, 9.17) is 21.1 Å². The monoisotopic (exact) mass is 394 g/mol. The zero-order valence-corrected chi connectivity index (χ0v) is 16.4. The number of rotatable bonds is 8. The fraction of sp³-hybridized carbons (Fsp3) is 0.474. The van der Waals surface area contributed by atoms with E-state index in [2.05, 4.69) is 4.98 Å². The summed E-state index contributed by atoms with van der Waals surface area (Å²) >= 11 is 7.70. The fourth-order valence-corrected chi connectivity index (χ4v) is 3.86. The summed E-state index contributed by atoms with van der Waals surface area (Å²) in [6.07, 6.45) is 2.14. The predicted octanol–water partition coefficient (Wildman–Crippen LogP) is 3.83. The maximum absolute atomic E-state index is 12.7. The number of aryl methyl sites for hydroxylation is 1. The van der Waals surface area contributed by atoms with E-state index in [1.54, 1.807) is 16.2 Å². The summed E-state index contributed by atoms with van der Waals surface area (Å²) in [5.41, 5.74) is 1.85. The van der Waals surface area contributed by atoms with E-state index in [-0.39, 0.29) is 18.6 Å². The van der Waals surface area contributed by atoms with E-state index in [0.717, 1.165) is 35.7 Å². The van der Waals surface area contributed by atoms with Gasteiger partial charge in [0.15, 0.2) is 0 Å². The van der Waals surface area contributed by atoms with Crippen LogP contribution in [0.1, 0.15) is 29.1 Å². The van der Waals surface area contributed by atoms with Crippen molar-refractivity contribution in [2.75, 3.05) is 19.8 Å². The molecule has 1 fully saturated rings. The molecule has 26 heavy (non-hydrogen) atoms. The van der Waals surface area contributed by atoms with Gasteiger partial charge in [0, 0.05) is 29.2 Å². The summed E-state index contributed by atoms with van der Waals surface area (Å²) in [7, 11) is 0. The lowest BCUT2D eigenvalue weighted by molar-refractivity contribution is -0.138. The number of ether oxygens (including phenoxy) is 2. The van der Waals surface area contributed by atoms with E-state index >= 15 is 0 Å². The van der Waals surface area contributed by atoms with E-state index in [1.165, 1.54) is 0 Å². The molecule has 0 spiro atoms.